The summed E-state index contributed by atoms with van der Waals surface area (Å²) in [5.41, 5.74) is 5.20. The lowest BCUT2D eigenvalue weighted by atomic mass is 9.96. The average molecular weight is 394 g/mol. The number of ketones is 1. The highest BCUT2D eigenvalue weighted by Gasteiger charge is 2.25. The Hall–Kier alpha value is -2.51. The number of benzene rings is 1. The second-order valence-corrected chi connectivity index (χ2v) is 6.71. The lowest BCUT2D eigenvalue weighted by Gasteiger charge is -2.23. The first kappa shape index (κ1) is 20.8. The number of primary amides is 1. The molecule has 0 radical (unpaired) electrons. The van der Waals surface area contributed by atoms with Crippen molar-refractivity contribution < 1.29 is 18.7 Å². The number of hydrogen-bond donors (Lipinski definition) is 2. The minimum Gasteiger partial charge on any atom is -0.619 e. The molecule has 1 heterocycles. The van der Waals surface area contributed by atoms with Gasteiger partial charge in [0, 0.05) is 30.1 Å². The van der Waals surface area contributed by atoms with Crippen LogP contribution in [0.4, 0.5) is 4.39 Å². The van der Waals surface area contributed by atoms with Gasteiger partial charge in [-0.15, -0.1) is 0 Å². The van der Waals surface area contributed by atoms with Crippen LogP contribution in [0.3, 0.4) is 0 Å². The van der Waals surface area contributed by atoms with E-state index in [2.05, 4.69) is 5.32 Å². The van der Waals surface area contributed by atoms with Crippen LogP contribution >= 0.6 is 11.6 Å². The predicted octanol–water partition coefficient (Wildman–Crippen LogP) is 2.65. The fourth-order valence-electron chi connectivity index (χ4n) is 2.91. The minimum atomic E-state index is -0.751. The molecule has 0 saturated heterocycles. The molecule has 2 rings (SSSR count). The highest BCUT2D eigenvalue weighted by molar-refractivity contribution is 6.35. The number of carbonyl (C=O) groups is 2. The van der Waals surface area contributed by atoms with Crippen LogP contribution < -0.4 is 15.8 Å². The molecule has 0 fully saturated rings. The predicted molar refractivity (Wildman–Crippen MR) is 99.7 cm³/mol. The van der Waals surface area contributed by atoms with Crippen LogP contribution in [0.2, 0.25) is 5.02 Å². The standard InChI is InChI=1S/C19H21ClFN3O3/c1-3-15(23-11(2)9-16(22)25)13-6-7-14(20)17(18(13)21)19(26)12-5-4-8-24(27)10-12/h4-8,10-11,15,23H,3,9H2,1-2H3,(H2,22,25)/t11-,15+/m0/s1. The van der Waals surface area contributed by atoms with Crippen molar-refractivity contribution in [3.8, 4) is 0 Å². The van der Waals surface area contributed by atoms with Crippen molar-refractivity contribution >= 4 is 23.3 Å². The van der Waals surface area contributed by atoms with Gasteiger partial charge >= 0.3 is 0 Å². The molecule has 3 N–H and O–H groups in total. The number of rotatable bonds is 8. The number of aromatic nitrogens is 1. The normalized spacial score (nSPS) is 13.2. The van der Waals surface area contributed by atoms with Gasteiger partial charge < -0.3 is 16.3 Å². The van der Waals surface area contributed by atoms with Gasteiger partial charge in [-0.25, -0.2) is 4.39 Å². The summed E-state index contributed by atoms with van der Waals surface area (Å²) in [5, 5.41) is 14.5. The summed E-state index contributed by atoms with van der Waals surface area (Å²) in [7, 11) is 0. The lowest BCUT2D eigenvalue weighted by molar-refractivity contribution is -0.605. The first-order valence-electron chi connectivity index (χ1n) is 8.50. The highest BCUT2D eigenvalue weighted by atomic mass is 35.5. The average Bonchev–Trinajstić information content (AvgIpc) is 2.59. The van der Waals surface area contributed by atoms with Gasteiger partial charge in [0.25, 0.3) is 0 Å². The van der Waals surface area contributed by atoms with Crippen LogP contribution in [0.1, 0.15) is 54.2 Å². The van der Waals surface area contributed by atoms with Crippen LogP contribution in [0, 0.1) is 11.0 Å². The molecule has 0 aliphatic heterocycles. The number of nitrogens with one attached hydrogen (secondary N) is 1. The van der Waals surface area contributed by atoms with E-state index < -0.39 is 23.5 Å². The zero-order valence-electron chi connectivity index (χ0n) is 15.0. The third-order valence-electron chi connectivity index (χ3n) is 4.16. The minimum absolute atomic E-state index is 0.0357. The molecule has 27 heavy (non-hydrogen) atoms. The quantitative estimate of drug-likeness (QED) is 0.409. The first-order chi connectivity index (χ1) is 12.7. The molecule has 0 bridgehead atoms. The second kappa shape index (κ2) is 8.92. The molecule has 8 heteroatoms. The maximum atomic E-state index is 15.2. The molecule has 0 spiro atoms. The van der Waals surface area contributed by atoms with E-state index in [1.54, 1.807) is 6.92 Å². The van der Waals surface area contributed by atoms with E-state index in [9.17, 15) is 14.8 Å². The van der Waals surface area contributed by atoms with E-state index in [4.69, 9.17) is 17.3 Å². The zero-order valence-corrected chi connectivity index (χ0v) is 15.8. The summed E-state index contributed by atoms with van der Waals surface area (Å²) in [6.45, 7) is 3.62. The molecule has 2 aromatic rings. The zero-order chi connectivity index (χ0) is 20.1. The van der Waals surface area contributed by atoms with Crippen molar-refractivity contribution in [3.63, 3.8) is 0 Å². The smallest absolute Gasteiger partial charge is 0.218 e. The SMILES string of the molecule is CC[C@@H](N[C@@H](C)CC(N)=O)c1ccc(Cl)c(C(=O)c2ccc[n+]([O-])c2)c1F. The Morgan fingerprint density at radius 1 is 1.37 bits per heavy atom. The molecule has 0 aliphatic carbocycles. The van der Waals surface area contributed by atoms with Gasteiger partial charge in [-0.3, -0.25) is 9.59 Å². The topological polar surface area (TPSA) is 99.1 Å². The van der Waals surface area contributed by atoms with E-state index in [-0.39, 0.29) is 34.2 Å². The highest BCUT2D eigenvalue weighted by Crippen LogP contribution is 2.29. The second-order valence-electron chi connectivity index (χ2n) is 6.31. The van der Waals surface area contributed by atoms with E-state index in [0.717, 1.165) is 6.20 Å². The van der Waals surface area contributed by atoms with E-state index in [0.29, 0.717) is 11.2 Å². The van der Waals surface area contributed by atoms with Gasteiger partial charge in [-0.1, -0.05) is 24.6 Å². The Morgan fingerprint density at radius 3 is 2.67 bits per heavy atom. The van der Waals surface area contributed by atoms with Crippen molar-refractivity contribution in [2.45, 2.75) is 38.8 Å². The van der Waals surface area contributed by atoms with E-state index >= 15 is 4.39 Å². The molecule has 1 amide bonds. The largest absolute Gasteiger partial charge is 0.619 e. The first-order valence-corrected chi connectivity index (χ1v) is 8.88. The summed E-state index contributed by atoms with van der Waals surface area (Å²) in [4.78, 5) is 23.8. The van der Waals surface area contributed by atoms with Gasteiger partial charge in [0.05, 0.1) is 16.1 Å². The van der Waals surface area contributed by atoms with E-state index in [1.807, 2.05) is 6.92 Å². The molecule has 0 unspecified atom stereocenters. The van der Waals surface area contributed by atoms with Crippen molar-refractivity contribution in [2.24, 2.45) is 5.73 Å². The molecular weight excluding hydrogens is 373 g/mol. The summed E-state index contributed by atoms with van der Waals surface area (Å²) in [5.74, 6) is -1.89. The summed E-state index contributed by atoms with van der Waals surface area (Å²) >= 11 is 6.08. The fraction of sp³-hybridized carbons (Fsp3) is 0.316. The Morgan fingerprint density at radius 2 is 2.07 bits per heavy atom. The van der Waals surface area contributed by atoms with Gasteiger partial charge in [0.15, 0.2) is 12.4 Å². The number of pyridine rings is 1. The third-order valence-corrected chi connectivity index (χ3v) is 4.48. The fourth-order valence-corrected chi connectivity index (χ4v) is 3.14. The molecule has 1 aromatic heterocycles. The third kappa shape index (κ3) is 5.02. The number of hydrogen-bond acceptors (Lipinski definition) is 4. The number of nitrogens with zero attached hydrogens (tertiary/aromatic N) is 1. The van der Waals surface area contributed by atoms with Crippen LogP contribution in [-0.2, 0) is 4.79 Å². The van der Waals surface area contributed by atoms with Gasteiger partial charge in [-0.05, 0) is 25.5 Å². The number of amides is 1. The number of carbonyl (C=O) groups excluding carboxylic acids is 2. The van der Waals surface area contributed by atoms with Crippen molar-refractivity contribution in [3.05, 3.63) is 69.4 Å². The Balaban J connectivity index is 2.41. The van der Waals surface area contributed by atoms with Gasteiger partial charge in [0.1, 0.15) is 5.82 Å². The van der Waals surface area contributed by atoms with Crippen molar-refractivity contribution in [1.82, 2.24) is 5.32 Å². The van der Waals surface area contributed by atoms with E-state index in [1.165, 1.54) is 30.5 Å². The molecule has 0 aliphatic rings. The van der Waals surface area contributed by atoms with Gasteiger partial charge in [-0.2, -0.15) is 4.73 Å². The summed E-state index contributed by atoms with van der Waals surface area (Å²) in [6, 6.07) is 5.07. The Bertz CT molecular complexity index is 860. The lowest BCUT2D eigenvalue weighted by Crippen LogP contribution is -2.34. The van der Waals surface area contributed by atoms with Crippen molar-refractivity contribution in [1.29, 1.82) is 0 Å². The number of nitrogens with two attached hydrogens (primary N) is 1. The molecule has 1 aromatic carbocycles. The molecule has 0 saturated carbocycles. The Kier molecular flexibility index (Phi) is 6.87. The van der Waals surface area contributed by atoms with Gasteiger partial charge in [0.2, 0.25) is 11.7 Å². The van der Waals surface area contributed by atoms with Crippen LogP contribution in [-0.4, -0.2) is 17.7 Å². The monoisotopic (exact) mass is 393 g/mol. The number of halogens is 2. The van der Waals surface area contributed by atoms with Crippen molar-refractivity contribution in [2.75, 3.05) is 0 Å². The molecule has 6 nitrogen and oxygen atoms in total. The Labute approximate surface area is 161 Å². The van der Waals surface area contributed by atoms with Crippen LogP contribution in [0.15, 0.2) is 36.7 Å². The molecule has 2 atom stereocenters. The van der Waals surface area contributed by atoms with Crippen LogP contribution in [0.5, 0.6) is 0 Å². The molecule has 144 valence electrons. The van der Waals surface area contributed by atoms with Crippen LogP contribution in [0.25, 0.3) is 0 Å². The summed E-state index contributed by atoms with van der Waals surface area (Å²) < 4.78 is 15.7. The maximum absolute atomic E-state index is 15.2. The maximum Gasteiger partial charge on any atom is 0.218 e. The summed E-state index contributed by atoms with van der Waals surface area (Å²) in [6.07, 6.45) is 2.91. The molecular formula is C19H21ClFN3O3.